The number of carbonyl (C=O) groups excluding carboxylic acids is 5. The van der Waals surface area contributed by atoms with Gasteiger partial charge in [-0.25, -0.2) is 0 Å². The van der Waals surface area contributed by atoms with Crippen LogP contribution in [0.3, 0.4) is 0 Å². The minimum Gasteiger partial charge on any atom is -0.481 e. The fourth-order valence-corrected chi connectivity index (χ4v) is 14.6. The molecule has 104 heavy (non-hydrogen) atoms. The van der Waals surface area contributed by atoms with E-state index >= 15 is 0 Å². The molecule has 0 bridgehead atoms. The van der Waals surface area contributed by atoms with Crippen LogP contribution in [0.25, 0.3) is 0 Å². The van der Waals surface area contributed by atoms with Crippen LogP contribution in [0.1, 0.15) is 472 Å². The van der Waals surface area contributed by atoms with Crippen LogP contribution < -0.4 is 10.6 Å². The van der Waals surface area contributed by atoms with Crippen molar-refractivity contribution >= 4 is 35.7 Å². The van der Waals surface area contributed by atoms with Gasteiger partial charge in [0.05, 0.1) is 0 Å². The molecule has 0 fully saturated rings. The van der Waals surface area contributed by atoms with Gasteiger partial charge in [0.15, 0.2) is 0 Å². The first-order chi connectivity index (χ1) is 50.9. The highest BCUT2D eigenvalue weighted by Gasteiger charge is 2.19. The van der Waals surface area contributed by atoms with Crippen LogP contribution in [0.15, 0.2) is 0 Å². The van der Waals surface area contributed by atoms with Gasteiger partial charge in [0.2, 0.25) is 11.8 Å². The van der Waals surface area contributed by atoms with Crippen molar-refractivity contribution in [3.63, 3.8) is 0 Å². The molecule has 2 amide bonds. The number of ether oxygens (including phenoxy) is 3. The van der Waals surface area contributed by atoms with Gasteiger partial charge in [0.1, 0.15) is 24.7 Å². The van der Waals surface area contributed by atoms with E-state index in [1.165, 1.54) is 193 Å². The van der Waals surface area contributed by atoms with Crippen molar-refractivity contribution in [1.29, 1.82) is 0 Å². The minimum atomic E-state index is -0.739. The summed E-state index contributed by atoms with van der Waals surface area (Å²) < 4.78 is 18.4. The molecule has 0 radical (unpaired) electrons. The van der Waals surface area contributed by atoms with Crippen molar-refractivity contribution in [3.05, 3.63) is 0 Å². The summed E-state index contributed by atoms with van der Waals surface area (Å²) in [6.45, 7) is 19.6. The van der Waals surface area contributed by atoms with Crippen LogP contribution in [-0.4, -0.2) is 121 Å². The molecule has 0 unspecified atom stereocenters. The number of unbranched alkanes of at least 4 members (excludes halogenated alkanes) is 46. The molecule has 0 saturated carbocycles. The summed E-state index contributed by atoms with van der Waals surface area (Å²) in [6.07, 6.45) is 72.4. The summed E-state index contributed by atoms with van der Waals surface area (Å²) >= 11 is 0. The Morgan fingerprint density at radius 2 is 0.442 bits per heavy atom. The molecule has 0 aromatic heterocycles. The van der Waals surface area contributed by atoms with Crippen molar-refractivity contribution in [1.82, 2.24) is 20.4 Å². The Bertz CT molecular complexity index is 1780. The second kappa shape index (κ2) is 80.7. The lowest BCUT2D eigenvalue weighted by molar-refractivity contribution is -0.151. The number of aliphatic carboxylic acids is 1. The molecule has 0 aromatic carbocycles. The van der Waals surface area contributed by atoms with Gasteiger partial charge < -0.3 is 39.8 Å². The summed E-state index contributed by atoms with van der Waals surface area (Å²) in [4.78, 5) is 81.8. The molecular formula is C90H174N4O10. The standard InChI is InChI=1S/C90H174N4O10/c1-7-13-19-25-35-49-63-82(64-50-36-26-20-14-8-2)102-88(99)70-56-42-32-46-60-76-93(75-59-45-31-41-55-69-87(97)98)79-73-91-85(95)81-86(96)92-74-80-94(77-61-47-33-43-57-71-89(100)103-83(65-51-37-27-21-15-9-3)66-52-38-28-22-16-10-4)78-62-48-34-44-58-72-90(101)104-84(67-53-39-29-23-17-11-5)68-54-40-30-24-18-12-6/h82-84H,7-81H2,1-6H3,(H,91,95)(H,92,96)(H,97,98). The molecule has 0 heterocycles. The first-order valence-corrected chi connectivity index (χ1v) is 45.7. The molecule has 0 aliphatic rings. The third-order valence-corrected chi connectivity index (χ3v) is 21.4. The lowest BCUT2D eigenvalue weighted by atomic mass is 10.0. The zero-order valence-corrected chi connectivity index (χ0v) is 69.8. The van der Waals surface area contributed by atoms with Gasteiger partial charge in [0.25, 0.3) is 0 Å². The molecule has 14 heteroatoms. The van der Waals surface area contributed by atoms with Crippen LogP contribution >= 0.6 is 0 Å². The van der Waals surface area contributed by atoms with E-state index in [0.717, 1.165) is 225 Å². The Morgan fingerprint density at radius 3 is 0.663 bits per heavy atom. The van der Waals surface area contributed by atoms with Crippen LogP contribution in [0.5, 0.6) is 0 Å². The zero-order valence-electron chi connectivity index (χ0n) is 69.8. The lowest BCUT2D eigenvalue weighted by Gasteiger charge is -2.23. The van der Waals surface area contributed by atoms with E-state index in [2.05, 4.69) is 62.0 Å². The maximum Gasteiger partial charge on any atom is 0.306 e. The second-order valence-electron chi connectivity index (χ2n) is 31.7. The van der Waals surface area contributed by atoms with Crippen LogP contribution in [-0.2, 0) is 43.0 Å². The summed E-state index contributed by atoms with van der Waals surface area (Å²) in [5, 5.41) is 15.2. The van der Waals surface area contributed by atoms with Crippen molar-refractivity contribution in [2.45, 2.75) is 490 Å². The van der Waals surface area contributed by atoms with E-state index in [1.807, 2.05) is 0 Å². The molecule has 14 nitrogen and oxygen atoms in total. The predicted octanol–water partition coefficient (Wildman–Crippen LogP) is 24.9. The molecule has 0 atom stereocenters. The Labute approximate surface area is 643 Å². The molecule has 0 spiro atoms. The number of nitrogens with zero attached hydrogens (tertiary/aromatic N) is 2. The quantitative estimate of drug-likeness (QED) is 0.0227. The van der Waals surface area contributed by atoms with E-state index in [1.54, 1.807) is 0 Å². The Hall–Kier alpha value is -3.26. The van der Waals surface area contributed by atoms with E-state index in [4.69, 9.17) is 19.3 Å². The summed E-state index contributed by atoms with van der Waals surface area (Å²) in [5.74, 6) is -1.35. The van der Waals surface area contributed by atoms with E-state index in [9.17, 15) is 28.8 Å². The highest BCUT2D eigenvalue weighted by Crippen LogP contribution is 2.23. The Balaban J connectivity index is 5.46. The fraction of sp³-hybridized carbons (Fsp3) is 0.933. The number of carboxylic acid groups (broad SMARTS) is 1. The first-order valence-electron chi connectivity index (χ1n) is 45.7. The predicted molar refractivity (Wildman–Crippen MR) is 440 cm³/mol. The maximum atomic E-state index is 13.3. The van der Waals surface area contributed by atoms with Gasteiger partial charge in [-0.05, 0) is 155 Å². The average molecular weight is 1470 g/mol. The first kappa shape index (κ1) is 101. The molecule has 0 aliphatic carbocycles. The monoisotopic (exact) mass is 1470 g/mol. The SMILES string of the molecule is CCCCCCCCC(CCCCCCCC)OC(=O)CCCCCCCN(CCCCCCCC(=O)O)CCNC(=O)CC(=O)NCCN(CCCCCCCC(=O)OC(CCCCCCCC)CCCCCCCC)CCCCCCCC(=O)OC(CCCCCCCC)CCCCCCCC. The summed E-state index contributed by atoms with van der Waals surface area (Å²) in [7, 11) is 0. The third-order valence-electron chi connectivity index (χ3n) is 21.4. The van der Waals surface area contributed by atoms with Crippen molar-refractivity contribution in [3.8, 4) is 0 Å². The van der Waals surface area contributed by atoms with Crippen molar-refractivity contribution in [2.75, 3.05) is 52.4 Å². The summed E-state index contributed by atoms with van der Waals surface area (Å²) in [5.41, 5.74) is 0. The Morgan fingerprint density at radius 1 is 0.250 bits per heavy atom. The Kier molecular flexibility index (Phi) is 78.2. The number of nitrogens with one attached hydrogen (secondary N) is 2. The van der Waals surface area contributed by atoms with Gasteiger partial charge in [-0.3, -0.25) is 28.8 Å². The molecule has 0 aromatic rings. The molecular weight excluding hydrogens is 1300 g/mol. The number of carboxylic acids is 1. The van der Waals surface area contributed by atoms with Crippen molar-refractivity contribution in [2.24, 2.45) is 0 Å². The van der Waals surface area contributed by atoms with Crippen LogP contribution in [0, 0.1) is 0 Å². The number of carbonyl (C=O) groups is 6. The summed E-state index contributed by atoms with van der Waals surface area (Å²) in [6, 6.07) is 0. The number of hydrogen-bond acceptors (Lipinski definition) is 11. The number of esters is 3. The highest BCUT2D eigenvalue weighted by atomic mass is 16.6. The number of hydrogen-bond donors (Lipinski definition) is 3. The molecule has 0 saturated heterocycles. The van der Waals surface area contributed by atoms with E-state index < -0.39 is 5.97 Å². The average Bonchev–Trinajstić information content (AvgIpc) is 1.24. The van der Waals surface area contributed by atoms with Gasteiger partial charge in [-0.2, -0.15) is 0 Å². The fourth-order valence-electron chi connectivity index (χ4n) is 14.6. The molecule has 3 N–H and O–H groups in total. The smallest absolute Gasteiger partial charge is 0.306 e. The van der Waals surface area contributed by atoms with Crippen molar-refractivity contribution < 1.29 is 48.1 Å². The third kappa shape index (κ3) is 74.2. The number of amides is 2. The van der Waals surface area contributed by atoms with Gasteiger partial charge in [-0.15, -0.1) is 0 Å². The largest absolute Gasteiger partial charge is 0.481 e. The second-order valence-corrected chi connectivity index (χ2v) is 31.7. The normalized spacial score (nSPS) is 11.7. The van der Waals surface area contributed by atoms with Gasteiger partial charge >= 0.3 is 23.9 Å². The van der Waals surface area contributed by atoms with E-state index in [-0.39, 0.29) is 60.9 Å². The van der Waals surface area contributed by atoms with Gasteiger partial charge in [-0.1, -0.05) is 311 Å². The molecule has 0 rings (SSSR count). The molecule has 614 valence electrons. The van der Waals surface area contributed by atoms with E-state index in [0.29, 0.717) is 51.9 Å². The highest BCUT2D eigenvalue weighted by molar-refractivity contribution is 5.96. The van der Waals surface area contributed by atoms with Crippen LogP contribution in [0.4, 0.5) is 0 Å². The van der Waals surface area contributed by atoms with Crippen LogP contribution in [0.2, 0.25) is 0 Å². The lowest BCUT2D eigenvalue weighted by Crippen LogP contribution is -2.40. The number of rotatable bonds is 85. The minimum absolute atomic E-state index is 0.0249. The van der Waals surface area contributed by atoms with Gasteiger partial charge in [0, 0.05) is 51.9 Å². The molecule has 0 aliphatic heterocycles. The zero-order chi connectivity index (χ0) is 75.9. The maximum absolute atomic E-state index is 13.3. The topological polar surface area (TPSA) is 181 Å².